The second-order valence-corrected chi connectivity index (χ2v) is 5.26. The first-order chi connectivity index (χ1) is 10.3. The monoisotopic (exact) mass is 286 g/mol. The minimum atomic E-state index is -0.776. The maximum absolute atomic E-state index is 11.6. The summed E-state index contributed by atoms with van der Waals surface area (Å²) >= 11 is 0. The predicted octanol–water partition coefficient (Wildman–Crippen LogP) is 2.70. The lowest BCUT2D eigenvalue weighted by Gasteiger charge is -2.37. The van der Waals surface area contributed by atoms with E-state index in [0.717, 1.165) is 30.8 Å². The van der Waals surface area contributed by atoms with Crippen LogP contribution in [0.1, 0.15) is 36.8 Å². The normalized spacial score (nSPS) is 21.0. The molecule has 2 unspecified atom stereocenters. The Morgan fingerprint density at radius 1 is 1.33 bits per heavy atom. The minimum absolute atomic E-state index is 0.248. The Morgan fingerprint density at radius 2 is 2.24 bits per heavy atom. The molecule has 1 saturated heterocycles. The van der Waals surface area contributed by atoms with Crippen LogP contribution < -0.4 is 0 Å². The highest BCUT2D eigenvalue weighted by Crippen LogP contribution is 2.33. The second kappa shape index (κ2) is 6.10. The van der Waals surface area contributed by atoms with E-state index in [1.165, 1.54) is 0 Å². The summed E-state index contributed by atoms with van der Waals surface area (Å²) in [6.45, 7) is 0.735. The van der Waals surface area contributed by atoms with Crippen molar-refractivity contribution in [2.45, 2.75) is 31.3 Å². The summed E-state index contributed by atoms with van der Waals surface area (Å²) in [6.07, 6.45) is 5.95. The molecule has 0 bridgehead atoms. The molecule has 2 atom stereocenters. The zero-order chi connectivity index (χ0) is 14.7. The number of pyridine rings is 1. The summed E-state index contributed by atoms with van der Waals surface area (Å²) in [5.41, 5.74) is 0.820. The molecule has 5 heteroatoms. The van der Waals surface area contributed by atoms with Crippen LogP contribution in [0.25, 0.3) is 0 Å². The zero-order valence-electron chi connectivity index (χ0n) is 11.7. The van der Waals surface area contributed by atoms with Crippen molar-refractivity contribution < 1.29 is 14.3 Å². The summed E-state index contributed by atoms with van der Waals surface area (Å²) in [6, 6.07) is 8.66. The summed E-state index contributed by atoms with van der Waals surface area (Å²) in [7, 11) is 0. The number of hydrogen-bond acceptors (Lipinski definition) is 4. The van der Waals surface area contributed by atoms with E-state index >= 15 is 0 Å². The Bertz CT molecular complexity index is 583. The lowest BCUT2D eigenvalue weighted by molar-refractivity contribution is -0.145. The number of hydrogen-bond donors (Lipinski definition) is 1. The number of aliphatic carboxylic acids is 1. The van der Waals surface area contributed by atoms with Gasteiger partial charge in [-0.2, -0.15) is 0 Å². The first kappa shape index (κ1) is 13.8. The molecule has 110 valence electrons. The van der Waals surface area contributed by atoms with Crippen LogP contribution in [0.5, 0.6) is 0 Å². The number of nitrogens with zero attached hydrogens (tertiary/aromatic N) is 2. The molecule has 0 spiro atoms. The van der Waals surface area contributed by atoms with Crippen molar-refractivity contribution in [2.75, 3.05) is 6.54 Å². The smallest absolute Gasteiger partial charge is 0.320 e. The third-order valence-corrected chi connectivity index (χ3v) is 3.94. The summed E-state index contributed by atoms with van der Waals surface area (Å²) < 4.78 is 5.56. The third-order valence-electron chi connectivity index (χ3n) is 3.94. The molecule has 0 aliphatic carbocycles. The number of carbonyl (C=O) groups is 1. The van der Waals surface area contributed by atoms with E-state index in [1.807, 2.05) is 35.2 Å². The SMILES string of the molecule is O=C(O)C1CCCCN1C(c1ccccn1)c1ccco1. The molecule has 3 rings (SSSR count). The highest BCUT2D eigenvalue weighted by atomic mass is 16.4. The van der Waals surface area contributed by atoms with Gasteiger partial charge in [0, 0.05) is 12.7 Å². The van der Waals surface area contributed by atoms with Crippen LogP contribution in [0, 0.1) is 0 Å². The topological polar surface area (TPSA) is 66.6 Å². The predicted molar refractivity (Wildman–Crippen MR) is 76.8 cm³/mol. The van der Waals surface area contributed by atoms with Gasteiger partial charge >= 0.3 is 5.97 Å². The van der Waals surface area contributed by atoms with Crippen LogP contribution in [0.3, 0.4) is 0 Å². The van der Waals surface area contributed by atoms with Crippen molar-refractivity contribution in [3.8, 4) is 0 Å². The first-order valence-electron chi connectivity index (χ1n) is 7.20. The molecular formula is C16H18N2O3. The van der Waals surface area contributed by atoms with Gasteiger partial charge in [-0.25, -0.2) is 0 Å². The summed E-state index contributed by atoms with van der Waals surface area (Å²) in [5.74, 6) is -0.0379. The van der Waals surface area contributed by atoms with E-state index in [9.17, 15) is 9.90 Å². The Kier molecular flexibility index (Phi) is 4.01. The fourth-order valence-corrected chi connectivity index (χ4v) is 2.99. The second-order valence-electron chi connectivity index (χ2n) is 5.26. The van der Waals surface area contributed by atoms with Crippen molar-refractivity contribution in [1.29, 1.82) is 0 Å². The largest absolute Gasteiger partial charge is 0.480 e. The van der Waals surface area contributed by atoms with Crippen LogP contribution in [0.4, 0.5) is 0 Å². The number of carboxylic acids is 1. The van der Waals surface area contributed by atoms with Gasteiger partial charge in [-0.3, -0.25) is 14.7 Å². The van der Waals surface area contributed by atoms with Crippen LogP contribution >= 0.6 is 0 Å². The lowest BCUT2D eigenvalue weighted by Crippen LogP contribution is -2.46. The Hall–Kier alpha value is -2.14. The Labute approximate surface area is 123 Å². The average Bonchev–Trinajstić information content (AvgIpc) is 3.03. The molecule has 0 amide bonds. The van der Waals surface area contributed by atoms with Gasteiger partial charge < -0.3 is 9.52 Å². The van der Waals surface area contributed by atoms with Gasteiger partial charge in [0.1, 0.15) is 17.8 Å². The number of carboxylic acid groups (broad SMARTS) is 1. The van der Waals surface area contributed by atoms with Crippen molar-refractivity contribution in [2.24, 2.45) is 0 Å². The van der Waals surface area contributed by atoms with Crippen LogP contribution in [0.15, 0.2) is 47.2 Å². The van der Waals surface area contributed by atoms with Gasteiger partial charge in [-0.05, 0) is 37.1 Å². The Balaban J connectivity index is 2.00. The maximum atomic E-state index is 11.6. The maximum Gasteiger partial charge on any atom is 0.320 e. The molecule has 1 N–H and O–H groups in total. The van der Waals surface area contributed by atoms with Gasteiger partial charge in [0.2, 0.25) is 0 Å². The molecular weight excluding hydrogens is 268 g/mol. The molecule has 0 aromatic carbocycles. The van der Waals surface area contributed by atoms with Gasteiger partial charge in [0.15, 0.2) is 0 Å². The van der Waals surface area contributed by atoms with Gasteiger partial charge in [0.25, 0.3) is 0 Å². The fraction of sp³-hybridized carbons (Fsp3) is 0.375. The number of furan rings is 1. The zero-order valence-corrected chi connectivity index (χ0v) is 11.7. The number of piperidine rings is 1. The highest BCUT2D eigenvalue weighted by Gasteiger charge is 2.36. The van der Waals surface area contributed by atoms with Gasteiger partial charge in [-0.1, -0.05) is 12.5 Å². The lowest BCUT2D eigenvalue weighted by atomic mass is 9.97. The molecule has 1 aliphatic heterocycles. The number of rotatable bonds is 4. The van der Waals surface area contributed by atoms with E-state index in [-0.39, 0.29) is 6.04 Å². The molecule has 21 heavy (non-hydrogen) atoms. The molecule has 1 fully saturated rings. The summed E-state index contributed by atoms with van der Waals surface area (Å²) in [4.78, 5) is 18.0. The average molecular weight is 286 g/mol. The molecule has 1 aliphatic rings. The van der Waals surface area contributed by atoms with Gasteiger partial charge in [-0.15, -0.1) is 0 Å². The molecule has 0 saturated carbocycles. The number of aromatic nitrogens is 1. The molecule has 0 radical (unpaired) electrons. The van der Waals surface area contributed by atoms with E-state index in [4.69, 9.17) is 4.42 Å². The van der Waals surface area contributed by atoms with Crippen LogP contribution in [0.2, 0.25) is 0 Å². The third kappa shape index (κ3) is 2.83. The molecule has 5 nitrogen and oxygen atoms in total. The first-order valence-corrected chi connectivity index (χ1v) is 7.20. The minimum Gasteiger partial charge on any atom is -0.480 e. The number of likely N-dealkylation sites (tertiary alicyclic amines) is 1. The van der Waals surface area contributed by atoms with E-state index in [2.05, 4.69) is 4.98 Å². The molecule has 2 aromatic rings. The molecule has 3 heterocycles. The van der Waals surface area contributed by atoms with Gasteiger partial charge in [0.05, 0.1) is 12.0 Å². The van der Waals surface area contributed by atoms with Crippen LogP contribution in [-0.2, 0) is 4.79 Å². The van der Waals surface area contributed by atoms with E-state index in [0.29, 0.717) is 6.42 Å². The summed E-state index contributed by atoms with van der Waals surface area (Å²) in [5, 5.41) is 9.51. The highest BCUT2D eigenvalue weighted by molar-refractivity contribution is 5.73. The Morgan fingerprint density at radius 3 is 2.90 bits per heavy atom. The standard InChI is InChI=1S/C16H18N2O3/c19-16(20)13-7-2-4-10-18(13)15(14-8-5-11-21-14)12-6-1-3-9-17-12/h1,3,5-6,8-9,11,13,15H,2,4,7,10H2,(H,19,20). The van der Waals surface area contributed by atoms with Crippen molar-refractivity contribution in [3.63, 3.8) is 0 Å². The van der Waals surface area contributed by atoms with Crippen LogP contribution in [-0.4, -0.2) is 33.5 Å². The van der Waals surface area contributed by atoms with Crippen molar-refractivity contribution in [1.82, 2.24) is 9.88 Å². The van der Waals surface area contributed by atoms with Crippen molar-refractivity contribution >= 4 is 5.97 Å². The molecule has 2 aromatic heterocycles. The quantitative estimate of drug-likeness (QED) is 0.936. The fourth-order valence-electron chi connectivity index (χ4n) is 2.99. The van der Waals surface area contributed by atoms with E-state index < -0.39 is 12.0 Å². The van der Waals surface area contributed by atoms with Crippen molar-refractivity contribution in [3.05, 3.63) is 54.2 Å². The van der Waals surface area contributed by atoms with E-state index in [1.54, 1.807) is 12.5 Å².